The van der Waals surface area contributed by atoms with Crippen molar-refractivity contribution in [3.05, 3.63) is 63.2 Å². The molecule has 2 aromatic rings. The molecule has 0 aliphatic heterocycles. The van der Waals surface area contributed by atoms with Gasteiger partial charge in [-0.2, -0.15) is 0 Å². The molecule has 2 rings (SSSR count). The quantitative estimate of drug-likeness (QED) is 0.536. The molecule has 0 unspecified atom stereocenters. The van der Waals surface area contributed by atoms with Gasteiger partial charge < -0.3 is 10.6 Å². The van der Waals surface area contributed by atoms with Gasteiger partial charge in [0.1, 0.15) is 0 Å². The van der Waals surface area contributed by atoms with Gasteiger partial charge >= 0.3 is 0 Å². The van der Waals surface area contributed by atoms with Crippen LogP contribution in [0.15, 0.2) is 42.5 Å². The molecule has 0 fully saturated rings. The van der Waals surface area contributed by atoms with E-state index in [1.165, 1.54) is 23.1 Å². The molecule has 0 saturated carbocycles. The molecule has 0 radical (unpaired) electrons. The SMILES string of the molecule is CN(C(=O)c1cc([N+](=O)[O-])ccc1Cl)c1ccc(N)cc1. The molecule has 21 heavy (non-hydrogen) atoms. The summed E-state index contributed by atoms with van der Waals surface area (Å²) in [5, 5.41) is 10.9. The molecule has 108 valence electrons. The van der Waals surface area contributed by atoms with Crippen LogP contribution in [0.3, 0.4) is 0 Å². The number of non-ortho nitro benzene ring substituents is 1. The second-order valence-corrected chi connectivity index (χ2v) is 4.78. The van der Waals surface area contributed by atoms with E-state index in [0.717, 1.165) is 0 Å². The van der Waals surface area contributed by atoms with Crippen molar-refractivity contribution in [2.24, 2.45) is 0 Å². The van der Waals surface area contributed by atoms with Crippen LogP contribution in [0, 0.1) is 10.1 Å². The summed E-state index contributed by atoms with van der Waals surface area (Å²) in [7, 11) is 1.56. The molecule has 6 nitrogen and oxygen atoms in total. The minimum atomic E-state index is -0.573. The number of rotatable bonds is 3. The van der Waals surface area contributed by atoms with E-state index in [4.69, 9.17) is 17.3 Å². The summed E-state index contributed by atoms with van der Waals surface area (Å²) < 4.78 is 0. The van der Waals surface area contributed by atoms with Gasteiger partial charge in [-0.15, -0.1) is 0 Å². The Balaban J connectivity index is 2.37. The number of benzene rings is 2. The van der Waals surface area contributed by atoms with Crippen LogP contribution in [0.25, 0.3) is 0 Å². The summed E-state index contributed by atoms with van der Waals surface area (Å²) in [5.74, 6) is -0.437. The lowest BCUT2D eigenvalue weighted by molar-refractivity contribution is -0.384. The van der Waals surface area contributed by atoms with Crippen LogP contribution in [-0.2, 0) is 0 Å². The number of anilines is 2. The number of hydrogen-bond acceptors (Lipinski definition) is 4. The first-order valence-electron chi connectivity index (χ1n) is 5.97. The van der Waals surface area contributed by atoms with Gasteiger partial charge in [-0.3, -0.25) is 14.9 Å². The van der Waals surface area contributed by atoms with Gasteiger partial charge in [0.25, 0.3) is 11.6 Å². The first-order chi connectivity index (χ1) is 9.90. The van der Waals surface area contributed by atoms with Gasteiger partial charge in [0.2, 0.25) is 0 Å². The Kier molecular flexibility index (Phi) is 4.09. The Labute approximate surface area is 125 Å². The lowest BCUT2D eigenvalue weighted by Crippen LogP contribution is -2.26. The number of hydrogen-bond donors (Lipinski definition) is 1. The van der Waals surface area contributed by atoms with E-state index in [1.54, 1.807) is 31.3 Å². The fraction of sp³-hybridized carbons (Fsp3) is 0.0714. The molecule has 0 spiro atoms. The maximum Gasteiger partial charge on any atom is 0.270 e. The molecule has 0 heterocycles. The molecular formula is C14H12ClN3O3. The zero-order chi connectivity index (χ0) is 15.6. The van der Waals surface area contributed by atoms with Gasteiger partial charge in [-0.25, -0.2) is 0 Å². The number of nitrogen functional groups attached to an aromatic ring is 1. The molecule has 0 aromatic heterocycles. The topological polar surface area (TPSA) is 89.5 Å². The van der Waals surface area contributed by atoms with Crippen molar-refractivity contribution < 1.29 is 9.72 Å². The molecule has 0 saturated heterocycles. The van der Waals surface area contributed by atoms with Crippen LogP contribution in [0.4, 0.5) is 17.1 Å². The summed E-state index contributed by atoms with van der Waals surface area (Å²) in [6, 6.07) is 10.4. The fourth-order valence-electron chi connectivity index (χ4n) is 1.79. The third kappa shape index (κ3) is 3.11. The average Bonchev–Trinajstić information content (AvgIpc) is 2.47. The van der Waals surface area contributed by atoms with Gasteiger partial charge in [0.05, 0.1) is 15.5 Å². The van der Waals surface area contributed by atoms with Gasteiger partial charge in [0, 0.05) is 30.6 Å². The molecule has 0 bridgehead atoms. The zero-order valence-electron chi connectivity index (χ0n) is 11.1. The minimum Gasteiger partial charge on any atom is -0.399 e. The maximum atomic E-state index is 12.4. The molecule has 2 N–H and O–H groups in total. The average molecular weight is 306 g/mol. The lowest BCUT2D eigenvalue weighted by atomic mass is 10.1. The normalized spacial score (nSPS) is 10.2. The number of carbonyl (C=O) groups is 1. The molecular weight excluding hydrogens is 294 g/mol. The van der Waals surface area contributed by atoms with Crippen LogP contribution >= 0.6 is 11.6 Å². The summed E-state index contributed by atoms with van der Waals surface area (Å²) in [4.78, 5) is 24.0. The van der Waals surface area contributed by atoms with Crippen molar-refractivity contribution >= 4 is 34.6 Å². The van der Waals surface area contributed by atoms with E-state index >= 15 is 0 Å². The van der Waals surface area contributed by atoms with E-state index < -0.39 is 10.8 Å². The number of nitrogens with two attached hydrogens (primary N) is 1. The zero-order valence-corrected chi connectivity index (χ0v) is 11.9. The largest absolute Gasteiger partial charge is 0.399 e. The summed E-state index contributed by atoms with van der Waals surface area (Å²) in [5.41, 5.74) is 6.66. The number of nitro groups is 1. The molecule has 2 aromatic carbocycles. The van der Waals surface area contributed by atoms with Crippen LogP contribution in [0.5, 0.6) is 0 Å². The Morgan fingerprint density at radius 3 is 2.43 bits per heavy atom. The summed E-state index contributed by atoms with van der Waals surface area (Å²) in [6.45, 7) is 0. The van der Waals surface area contributed by atoms with Crippen molar-refractivity contribution in [1.82, 2.24) is 0 Å². The highest BCUT2D eigenvalue weighted by Crippen LogP contribution is 2.25. The second kappa shape index (κ2) is 5.80. The first kappa shape index (κ1) is 14.8. The lowest BCUT2D eigenvalue weighted by Gasteiger charge is -2.18. The first-order valence-corrected chi connectivity index (χ1v) is 6.35. The van der Waals surface area contributed by atoms with Crippen molar-refractivity contribution in [3.63, 3.8) is 0 Å². The Bertz CT molecular complexity index is 701. The fourth-order valence-corrected chi connectivity index (χ4v) is 1.98. The van der Waals surface area contributed by atoms with Crippen LogP contribution in [0.1, 0.15) is 10.4 Å². The number of nitrogens with zero attached hydrogens (tertiary/aromatic N) is 2. The molecule has 0 aliphatic rings. The van der Waals surface area contributed by atoms with E-state index in [1.807, 2.05) is 0 Å². The second-order valence-electron chi connectivity index (χ2n) is 4.38. The molecule has 1 amide bonds. The van der Waals surface area contributed by atoms with Gasteiger partial charge in [0.15, 0.2) is 0 Å². The number of carbonyl (C=O) groups excluding carboxylic acids is 1. The number of halogens is 1. The third-order valence-corrected chi connectivity index (χ3v) is 3.31. The monoisotopic (exact) mass is 305 g/mol. The molecule has 0 atom stereocenters. The number of nitro benzene ring substituents is 1. The molecule has 7 heteroatoms. The predicted molar refractivity (Wildman–Crippen MR) is 81.7 cm³/mol. The highest BCUT2D eigenvalue weighted by Gasteiger charge is 2.19. The third-order valence-electron chi connectivity index (χ3n) is 2.98. The van der Waals surface area contributed by atoms with E-state index in [2.05, 4.69) is 0 Å². The maximum absolute atomic E-state index is 12.4. The molecule has 0 aliphatic carbocycles. The van der Waals surface area contributed by atoms with E-state index in [9.17, 15) is 14.9 Å². The van der Waals surface area contributed by atoms with Crippen LogP contribution < -0.4 is 10.6 Å². The van der Waals surface area contributed by atoms with Crippen molar-refractivity contribution in [2.45, 2.75) is 0 Å². The van der Waals surface area contributed by atoms with Crippen LogP contribution in [-0.4, -0.2) is 17.9 Å². The summed E-state index contributed by atoms with van der Waals surface area (Å²) >= 11 is 5.96. The van der Waals surface area contributed by atoms with Gasteiger partial charge in [-0.05, 0) is 30.3 Å². The Morgan fingerprint density at radius 1 is 1.24 bits per heavy atom. The van der Waals surface area contributed by atoms with Crippen molar-refractivity contribution in [2.75, 3.05) is 17.7 Å². The number of amides is 1. The van der Waals surface area contributed by atoms with E-state index in [0.29, 0.717) is 11.4 Å². The van der Waals surface area contributed by atoms with Crippen molar-refractivity contribution in [3.8, 4) is 0 Å². The van der Waals surface area contributed by atoms with E-state index in [-0.39, 0.29) is 16.3 Å². The van der Waals surface area contributed by atoms with Gasteiger partial charge in [-0.1, -0.05) is 11.6 Å². The predicted octanol–water partition coefficient (Wildman–Crippen LogP) is 3.11. The standard InChI is InChI=1S/C14H12ClN3O3/c1-17(10-4-2-9(16)3-5-10)14(19)12-8-11(18(20)21)6-7-13(12)15/h2-8H,16H2,1H3. The minimum absolute atomic E-state index is 0.0743. The highest BCUT2D eigenvalue weighted by molar-refractivity contribution is 6.34. The Morgan fingerprint density at radius 2 is 1.86 bits per heavy atom. The van der Waals surface area contributed by atoms with Crippen molar-refractivity contribution in [1.29, 1.82) is 0 Å². The van der Waals surface area contributed by atoms with Crippen LogP contribution in [0.2, 0.25) is 5.02 Å². The Hall–Kier alpha value is -2.60. The highest BCUT2D eigenvalue weighted by atomic mass is 35.5. The summed E-state index contributed by atoms with van der Waals surface area (Å²) in [6.07, 6.45) is 0. The smallest absolute Gasteiger partial charge is 0.270 e.